The van der Waals surface area contributed by atoms with E-state index in [4.69, 9.17) is 9.47 Å². The Morgan fingerprint density at radius 1 is 1.32 bits per heavy atom. The lowest BCUT2D eigenvalue weighted by atomic mass is 10.1. The lowest BCUT2D eigenvalue weighted by Crippen LogP contribution is -2.19. The van der Waals surface area contributed by atoms with E-state index in [9.17, 15) is 9.90 Å². The molecule has 0 amide bonds. The molecule has 0 aromatic heterocycles. The maximum Gasteiger partial charge on any atom is 0.343 e. The second-order valence-electron chi connectivity index (χ2n) is 4.91. The van der Waals surface area contributed by atoms with Crippen molar-refractivity contribution in [1.29, 1.82) is 0 Å². The molecule has 0 spiro atoms. The van der Waals surface area contributed by atoms with Gasteiger partial charge in [0.25, 0.3) is 0 Å². The number of hydrogen-bond acceptors (Lipinski definition) is 5. The Bertz CT molecular complexity index is 603. The number of aliphatic hydroxyl groups excluding tert-OH is 1. The van der Waals surface area contributed by atoms with Crippen LogP contribution >= 0.6 is 0 Å². The standard InChI is InChI=1S/C17H23NO4/c1-6-21-17(20)16(13(4)18-5)14(19)10-22-15-9-11(2)7-8-12(15)3/h7-9,19H,6,10H2,1-5H3/b16-14-,18-13?. The molecule has 0 saturated carbocycles. The van der Waals surface area contributed by atoms with Gasteiger partial charge in [0, 0.05) is 12.8 Å². The van der Waals surface area contributed by atoms with E-state index in [1.165, 1.54) is 0 Å². The Labute approximate surface area is 131 Å². The molecular weight excluding hydrogens is 282 g/mol. The minimum atomic E-state index is -0.604. The fourth-order valence-corrected chi connectivity index (χ4v) is 1.87. The molecule has 22 heavy (non-hydrogen) atoms. The molecule has 0 fully saturated rings. The predicted molar refractivity (Wildman–Crippen MR) is 86.7 cm³/mol. The number of benzene rings is 1. The number of carbonyl (C=O) groups excluding carboxylic acids is 1. The molecule has 0 unspecified atom stereocenters. The van der Waals surface area contributed by atoms with Crippen molar-refractivity contribution in [1.82, 2.24) is 0 Å². The number of esters is 1. The number of carbonyl (C=O) groups is 1. The number of aliphatic hydroxyl groups is 1. The van der Waals surface area contributed by atoms with E-state index in [0.717, 1.165) is 11.1 Å². The smallest absolute Gasteiger partial charge is 0.343 e. The molecule has 0 atom stereocenters. The molecule has 0 aliphatic heterocycles. The van der Waals surface area contributed by atoms with Crippen LogP contribution in [0.25, 0.3) is 0 Å². The van der Waals surface area contributed by atoms with E-state index in [0.29, 0.717) is 11.5 Å². The molecule has 0 aliphatic carbocycles. The number of aliphatic imine (C=N–C) groups is 1. The van der Waals surface area contributed by atoms with Gasteiger partial charge in [-0.25, -0.2) is 4.79 Å². The Balaban J connectivity index is 3.00. The third-order valence-corrected chi connectivity index (χ3v) is 3.17. The van der Waals surface area contributed by atoms with Crippen LogP contribution < -0.4 is 4.74 Å². The summed E-state index contributed by atoms with van der Waals surface area (Å²) >= 11 is 0. The fourth-order valence-electron chi connectivity index (χ4n) is 1.87. The molecule has 0 bridgehead atoms. The highest BCUT2D eigenvalue weighted by Crippen LogP contribution is 2.20. The number of aryl methyl sites for hydroxylation is 2. The molecule has 0 heterocycles. The largest absolute Gasteiger partial charge is 0.508 e. The number of nitrogens with zero attached hydrogens (tertiary/aromatic N) is 1. The summed E-state index contributed by atoms with van der Waals surface area (Å²) in [6, 6.07) is 5.81. The zero-order valence-electron chi connectivity index (χ0n) is 13.8. The molecule has 1 rings (SSSR count). The number of ether oxygens (including phenoxy) is 2. The summed E-state index contributed by atoms with van der Waals surface area (Å²) in [6.07, 6.45) is 0. The molecule has 0 aliphatic rings. The molecule has 1 N–H and O–H groups in total. The van der Waals surface area contributed by atoms with Crippen molar-refractivity contribution in [3.05, 3.63) is 40.7 Å². The summed E-state index contributed by atoms with van der Waals surface area (Å²) in [7, 11) is 1.55. The average Bonchev–Trinajstić information content (AvgIpc) is 2.48. The van der Waals surface area contributed by atoms with Crippen molar-refractivity contribution in [2.45, 2.75) is 27.7 Å². The highest BCUT2D eigenvalue weighted by molar-refractivity contribution is 6.19. The lowest BCUT2D eigenvalue weighted by molar-refractivity contribution is -0.138. The first-order valence-corrected chi connectivity index (χ1v) is 7.13. The van der Waals surface area contributed by atoms with Crippen LogP contribution in [0.15, 0.2) is 34.5 Å². The Kier molecular flexibility index (Phi) is 6.63. The second kappa shape index (κ2) is 8.22. The zero-order valence-corrected chi connectivity index (χ0v) is 13.8. The van der Waals surface area contributed by atoms with Crippen molar-refractivity contribution in [2.24, 2.45) is 4.99 Å². The third kappa shape index (κ3) is 4.62. The first kappa shape index (κ1) is 17.8. The van der Waals surface area contributed by atoms with Crippen LogP contribution in [-0.2, 0) is 9.53 Å². The van der Waals surface area contributed by atoms with Gasteiger partial charge in [-0.15, -0.1) is 0 Å². The highest BCUT2D eigenvalue weighted by atomic mass is 16.5. The van der Waals surface area contributed by atoms with Gasteiger partial charge in [0.05, 0.1) is 6.61 Å². The molecule has 5 nitrogen and oxygen atoms in total. The minimum absolute atomic E-state index is 0.0506. The summed E-state index contributed by atoms with van der Waals surface area (Å²) in [5.74, 6) is -0.129. The molecule has 120 valence electrons. The van der Waals surface area contributed by atoms with E-state index in [2.05, 4.69) is 4.99 Å². The third-order valence-electron chi connectivity index (χ3n) is 3.17. The molecule has 1 aromatic carbocycles. The Morgan fingerprint density at radius 3 is 2.59 bits per heavy atom. The van der Waals surface area contributed by atoms with Gasteiger partial charge in [-0.1, -0.05) is 12.1 Å². The predicted octanol–water partition coefficient (Wildman–Crippen LogP) is 3.15. The van der Waals surface area contributed by atoms with E-state index < -0.39 is 5.97 Å². The zero-order chi connectivity index (χ0) is 16.7. The Morgan fingerprint density at radius 2 is 2.00 bits per heavy atom. The van der Waals surface area contributed by atoms with Crippen LogP contribution in [-0.4, -0.2) is 37.0 Å². The van der Waals surface area contributed by atoms with Crippen molar-refractivity contribution in [3.8, 4) is 5.75 Å². The van der Waals surface area contributed by atoms with Crippen molar-refractivity contribution in [3.63, 3.8) is 0 Å². The van der Waals surface area contributed by atoms with E-state index in [1.807, 2.05) is 32.0 Å². The van der Waals surface area contributed by atoms with Gasteiger partial charge in [-0.3, -0.25) is 4.99 Å². The number of hydrogen-bond donors (Lipinski definition) is 1. The fraction of sp³-hybridized carbons (Fsp3) is 0.412. The normalized spacial score (nSPS) is 12.7. The van der Waals surface area contributed by atoms with Crippen molar-refractivity contribution < 1.29 is 19.4 Å². The molecule has 1 aromatic rings. The van der Waals surface area contributed by atoms with Crippen LogP contribution in [0.5, 0.6) is 5.75 Å². The van der Waals surface area contributed by atoms with E-state index in [-0.39, 0.29) is 24.5 Å². The molecule has 5 heteroatoms. The minimum Gasteiger partial charge on any atom is -0.508 e. The van der Waals surface area contributed by atoms with Gasteiger partial charge in [0.1, 0.15) is 23.7 Å². The van der Waals surface area contributed by atoms with E-state index in [1.54, 1.807) is 20.9 Å². The monoisotopic (exact) mass is 305 g/mol. The first-order chi connectivity index (χ1) is 10.4. The summed E-state index contributed by atoms with van der Waals surface area (Å²) in [4.78, 5) is 15.9. The van der Waals surface area contributed by atoms with Gasteiger partial charge in [0.2, 0.25) is 0 Å². The van der Waals surface area contributed by atoms with Crippen molar-refractivity contribution >= 4 is 11.7 Å². The van der Waals surface area contributed by atoms with Crippen LogP contribution in [0.3, 0.4) is 0 Å². The van der Waals surface area contributed by atoms with Gasteiger partial charge < -0.3 is 14.6 Å². The Hall–Kier alpha value is -2.30. The lowest BCUT2D eigenvalue weighted by Gasteiger charge is -2.12. The van der Waals surface area contributed by atoms with Crippen LogP contribution in [0.4, 0.5) is 0 Å². The highest BCUT2D eigenvalue weighted by Gasteiger charge is 2.20. The topological polar surface area (TPSA) is 68.1 Å². The summed E-state index contributed by atoms with van der Waals surface area (Å²) < 4.78 is 10.6. The summed E-state index contributed by atoms with van der Waals surface area (Å²) in [5, 5.41) is 10.2. The molecular formula is C17H23NO4. The SMILES string of the molecule is CCOC(=O)/C(C(C)=NC)=C(\O)COc1cc(C)ccc1C. The second-order valence-corrected chi connectivity index (χ2v) is 4.91. The van der Waals surface area contributed by atoms with Gasteiger partial charge in [-0.2, -0.15) is 0 Å². The van der Waals surface area contributed by atoms with Crippen molar-refractivity contribution in [2.75, 3.05) is 20.3 Å². The average molecular weight is 305 g/mol. The van der Waals surface area contributed by atoms with Crippen LogP contribution in [0.2, 0.25) is 0 Å². The summed E-state index contributed by atoms with van der Waals surface area (Å²) in [5.41, 5.74) is 2.47. The van der Waals surface area contributed by atoms with Gasteiger partial charge in [0.15, 0.2) is 0 Å². The number of rotatable bonds is 6. The van der Waals surface area contributed by atoms with Gasteiger partial charge in [-0.05, 0) is 44.9 Å². The molecule has 0 radical (unpaired) electrons. The van der Waals surface area contributed by atoms with E-state index >= 15 is 0 Å². The first-order valence-electron chi connectivity index (χ1n) is 7.13. The summed E-state index contributed by atoms with van der Waals surface area (Å²) in [6.45, 7) is 7.33. The van der Waals surface area contributed by atoms with Crippen LogP contribution in [0.1, 0.15) is 25.0 Å². The van der Waals surface area contributed by atoms with Gasteiger partial charge >= 0.3 is 5.97 Å². The molecule has 0 saturated heterocycles. The maximum absolute atomic E-state index is 11.9. The maximum atomic E-state index is 11.9. The quantitative estimate of drug-likeness (QED) is 0.379. The van der Waals surface area contributed by atoms with Crippen LogP contribution in [0, 0.1) is 13.8 Å².